The van der Waals surface area contributed by atoms with Crippen molar-refractivity contribution in [2.24, 2.45) is 0 Å². The number of ether oxygens (including phenoxy) is 1. The molecule has 0 aliphatic carbocycles. The molecule has 0 radical (unpaired) electrons. The normalized spacial score (nSPS) is 8.78. The smallest absolute Gasteiger partial charge is 0.386 e. The Kier molecular flexibility index (Phi) is 15.3. The molecule has 1 N–H and O–H groups in total. The highest BCUT2D eigenvalue weighted by molar-refractivity contribution is 5.92. The van der Waals surface area contributed by atoms with Crippen molar-refractivity contribution in [2.45, 2.75) is 19.8 Å². The van der Waals surface area contributed by atoms with Crippen LogP contribution in [-0.4, -0.2) is 35.6 Å². The molecule has 0 aliphatic rings. The lowest BCUT2D eigenvalue weighted by Crippen LogP contribution is -2.11. The summed E-state index contributed by atoms with van der Waals surface area (Å²) < 4.78 is 4.67. The van der Waals surface area contributed by atoms with Gasteiger partial charge in [-0.15, -0.1) is 0 Å². The number of rotatable bonds is 7. The molecule has 0 fully saturated rings. The summed E-state index contributed by atoms with van der Waals surface area (Å²) in [6.45, 7) is 8.78. The van der Waals surface area contributed by atoms with Crippen molar-refractivity contribution >= 4 is 23.9 Å². The van der Waals surface area contributed by atoms with E-state index in [-0.39, 0.29) is 5.97 Å². The van der Waals surface area contributed by atoms with Gasteiger partial charge in [0.05, 0.1) is 17.7 Å². The molecule has 32 heavy (non-hydrogen) atoms. The number of hydrogen-bond acceptors (Lipinski definition) is 7. The number of aliphatic carboxylic acids is 1. The molecule has 2 rings (SSSR count). The second kappa shape index (κ2) is 17.6. The summed E-state index contributed by atoms with van der Waals surface area (Å²) in [5.41, 5.74) is 0.636. The molecule has 0 spiro atoms. The Morgan fingerprint density at radius 2 is 1.22 bits per heavy atom. The zero-order valence-electron chi connectivity index (χ0n) is 17.8. The lowest BCUT2D eigenvalue weighted by atomic mass is 10.2. The molecule has 2 aromatic carbocycles. The van der Waals surface area contributed by atoms with Gasteiger partial charge < -0.3 is 9.84 Å². The molecule has 8 nitrogen and oxygen atoms in total. The fraction of sp³-hybridized carbons (Fsp3) is 0.167. The highest BCUT2D eigenvalue weighted by Crippen LogP contribution is 2.05. The van der Waals surface area contributed by atoms with Crippen LogP contribution in [0.4, 0.5) is 0 Å². The summed E-state index contributed by atoms with van der Waals surface area (Å²) in [6.07, 6.45) is 3.99. The second-order valence-corrected chi connectivity index (χ2v) is 5.74. The van der Waals surface area contributed by atoms with E-state index in [1.807, 2.05) is 6.92 Å². The maximum atomic E-state index is 11.5. The molecule has 0 saturated heterocycles. The molecule has 0 saturated carbocycles. The van der Waals surface area contributed by atoms with E-state index in [1.165, 1.54) is 6.08 Å². The number of carboxylic acid groups (broad SMARTS) is 1. The van der Waals surface area contributed by atoms with Gasteiger partial charge in [-0.05, 0) is 30.7 Å². The molecule has 0 bridgehead atoms. The molecule has 2 aromatic rings. The van der Waals surface area contributed by atoms with Crippen molar-refractivity contribution in [3.8, 4) is 0 Å². The quantitative estimate of drug-likeness (QED) is 0.221. The van der Waals surface area contributed by atoms with Gasteiger partial charge in [0.25, 0.3) is 0 Å². The third kappa shape index (κ3) is 13.9. The SMILES string of the molecule is C=CC(=O)O.C=CC(=O)OCCCC.O=C(OOC(=O)c1ccccc1)c1ccccc1. The van der Waals surface area contributed by atoms with E-state index in [0.29, 0.717) is 17.7 Å². The Morgan fingerprint density at radius 1 is 0.812 bits per heavy atom. The Balaban J connectivity index is 0.000000574. The minimum atomic E-state index is -0.981. The summed E-state index contributed by atoms with van der Waals surface area (Å²) in [6, 6.07) is 16.6. The van der Waals surface area contributed by atoms with Gasteiger partial charge in [-0.25, -0.2) is 29.0 Å². The monoisotopic (exact) mass is 442 g/mol. The van der Waals surface area contributed by atoms with Crippen LogP contribution >= 0.6 is 0 Å². The zero-order valence-corrected chi connectivity index (χ0v) is 17.8. The Morgan fingerprint density at radius 3 is 1.53 bits per heavy atom. The summed E-state index contributed by atoms with van der Waals surface area (Å²) in [5, 5.41) is 7.60. The van der Waals surface area contributed by atoms with E-state index < -0.39 is 17.9 Å². The van der Waals surface area contributed by atoms with Crippen molar-refractivity contribution in [3.63, 3.8) is 0 Å². The number of benzene rings is 2. The summed E-state index contributed by atoms with van der Waals surface area (Å²) in [5.74, 6) is -2.73. The number of esters is 1. The topological polar surface area (TPSA) is 116 Å². The van der Waals surface area contributed by atoms with E-state index in [0.717, 1.165) is 18.9 Å². The van der Waals surface area contributed by atoms with E-state index >= 15 is 0 Å². The van der Waals surface area contributed by atoms with E-state index in [4.69, 9.17) is 5.11 Å². The first-order chi connectivity index (χ1) is 15.3. The van der Waals surface area contributed by atoms with Crippen LogP contribution < -0.4 is 0 Å². The van der Waals surface area contributed by atoms with Gasteiger partial charge in [0.15, 0.2) is 0 Å². The van der Waals surface area contributed by atoms with Gasteiger partial charge in [-0.1, -0.05) is 62.9 Å². The van der Waals surface area contributed by atoms with Gasteiger partial charge in [0, 0.05) is 12.2 Å². The summed E-state index contributed by atoms with van der Waals surface area (Å²) in [4.78, 5) is 51.5. The van der Waals surface area contributed by atoms with Crippen LogP contribution in [0.2, 0.25) is 0 Å². The second-order valence-electron chi connectivity index (χ2n) is 5.74. The largest absolute Gasteiger partial charge is 0.478 e. The highest BCUT2D eigenvalue weighted by Gasteiger charge is 2.13. The number of carbonyl (C=O) groups excluding carboxylic acids is 3. The minimum Gasteiger partial charge on any atom is -0.478 e. The minimum absolute atomic E-state index is 0.318. The van der Waals surface area contributed by atoms with Crippen molar-refractivity contribution in [2.75, 3.05) is 6.61 Å². The van der Waals surface area contributed by atoms with Gasteiger partial charge in [0.1, 0.15) is 0 Å². The molecular formula is C24H26O8. The Labute approximate surface area is 186 Å². The summed E-state index contributed by atoms with van der Waals surface area (Å²) in [7, 11) is 0. The van der Waals surface area contributed by atoms with Gasteiger partial charge >= 0.3 is 23.9 Å². The lowest BCUT2D eigenvalue weighted by molar-refractivity contribution is -0.187. The number of hydrogen-bond donors (Lipinski definition) is 1. The standard InChI is InChI=1S/C14H10O4.C7H12O2.C3H4O2/c15-13(11-7-3-1-4-8-11)17-18-14(16)12-9-5-2-6-10-12;1-3-5-6-9-7(8)4-2;1-2-3(4)5/h1-10H;4H,2-3,5-6H2,1H3;2H,1H2,(H,4,5). The number of unbranched alkanes of at least 4 members (excludes halogenated alkanes) is 1. The molecule has 0 heterocycles. The molecule has 8 heteroatoms. The average Bonchev–Trinajstić information content (AvgIpc) is 2.84. The fourth-order valence-corrected chi connectivity index (χ4v) is 1.70. The van der Waals surface area contributed by atoms with Crippen LogP contribution in [0.1, 0.15) is 40.5 Å². The first kappa shape index (κ1) is 27.8. The van der Waals surface area contributed by atoms with Crippen molar-refractivity contribution in [1.29, 1.82) is 0 Å². The van der Waals surface area contributed by atoms with E-state index in [1.54, 1.807) is 60.7 Å². The van der Waals surface area contributed by atoms with Crippen molar-refractivity contribution in [3.05, 3.63) is 97.1 Å². The molecule has 0 aliphatic heterocycles. The van der Waals surface area contributed by atoms with Gasteiger partial charge in [0.2, 0.25) is 0 Å². The predicted octanol–water partition coefficient (Wildman–Crippen LogP) is 4.39. The Bertz CT molecular complexity index is 809. The molecule has 0 unspecified atom stereocenters. The van der Waals surface area contributed by atoms with Gasteiger partial charge in [-0.2, -0.15) is 0 Å². The van der Waals surface area contributed by atoms with Crippen LogP contribution in [0.5, 0.6) is 0 Å². The Hall–Kier alpha value is -4.20. The van der Waals surface area contributed by atoms with Crippen LogP contribution in [0.3, 0.4) is 0 Å². The number of carbonyl (C=O) groups is 4. The predicted molar refractivity (Wildman–Crippen MR) is 118 cm³/mol. The van der Waals surface area contributed by atoms with Crippen LogP contribution in [-0.2, 0) is 24.1 Å². The fourth-order valence-electron chi connectivity index (χ4n) is 1.70. The molecule has 170 valence electrons. The highest BCUT2D eigenvalue weighted by atomic mass is 17.2. The molecule has 0 atom stereocenters. The first-order valence-electron chi connectivity index (χ1n) is 9.53. The third-order valence-electron chi connectivity index (χ3n) is 3.30. The third-order valence-corrected chi connectivity index (χ3v) is 3.30. The van der Waals surface area contributed by atoms with E-state index in [2.05, 4.69) is 27.7 Å². The van der Waals surface area contributed by atoms with Crippen molar-refractivity contribution in [1.82, 2.24) is 0 Å². The maximum absolute atomic E-state index is 11.5. The lowest BCUT2D eigenvalue weighted by Gasteiger charge is -2.02. The van der Waals surface area contributed by atoms with Crippen LogP contribution in [0, 0.1) is 0 Å². The van der Waals surface area contributed by atoms with Crippen LogP contribution in [0.15, 0.2) is 86.0 Å². The molecule has 0 aromatic heterocycles. The van der Waals surface area contributed by atoms with Crippen LogP contribution in [0.25, 0.3) is 0 Å². The molecule has 0 amide bonds. The molecular weight excluding hydrogens is 416 g/mol. The van der Waals surface area contributed by atoms with Gasteiger partial charge in [-0.3, -0.25) is 0 Å². The first-order valence-corrected chi connectivity index (χ1v) is 9.53. The van der Waals surface area contributed by atoms with E-state index in [9.17, 15) is 19.2 Å². The zero-order chi connectivity index (χ0) is 24.2. The van der Waals surface area contributed by atoms with Crippen molar-refractivity contribution < 1.29 is 38.8 Å². The average molecular weight is 442 g/mol. The summed E-state index contributed by atoms with van der Waals surface area (Å²) >= 11 is 0. The maximum Gasteiger partial charge on any atom is 0.386 e. The number of carboxylic acids is 1.